The van der Waals surface area contributed by atoms with E-state index < -0.39 is 5.97 Å². The van der Waals surface area contributed by atoms with Crippen molar-refractivity contribution in [2.75, 3.05) is 6.54 Å². The van der Waals surface area contributed by atoms with E-state index in [9.17, 15) is 15.0 Å². The topological polar surface area (TPSA) is 74.5 Å². The molecule has 1 saturated heterocycles. The number of piperidine rings is 1. The van der Waals surface area contributed by atoms with Gasteiger partial charge < -0.3 is 20.1 Å². The summed E-state index contributed by atoms with van der Waals surface area (Å²) in [5.74, 6) is -0.991. The Morgan fingerprint density at radius 3 is 3.04 bits per heavy atom. The normalized spacial score (nSPS) is 22.0. The highest BCUT2D eigenvalue weighted by Gasteiger charge is 2.20. The van der Waals surface area contributed by atoms with Crippen LogP contribution in [0.4, 0.5) is 0 Å². The standard InChI is InChI=1S/C17H19ClN2O3/c18-12-4-1-6-14-16(12)11(17(22)23)10-20(14)9-3-5-13-15(21)7-2-8-19-13/h1,3-6,10,13,15,19,21H,2,7-9H2,(H,22,23)/b5-3+/t13-,15+/m1/s1. The number of nitrogens with one attached hydrogen (secondary N) is 1. The molecular formula is C17H19ClN2O3. The summed E-state index contributed by atoms with van der Waals surface area (Å²) in [6.45, 7) is 1.42. The summed E-state index contributed by atoms with van der Waals surface area (Å²) in [5.41, 5.74) is 0.992. The molecule has 0 amide bonds. The van der Waals surface area contributed by atoms with Gasteiger partial charge >= 0.3 is 5.97 Å². The SMILES string of the molecule is O=C(O)c1cn(C/C=C/[C@H]2NCCC[C@@H]2O)c2cccc(Cl)c12. The molecule has 2 atom stereocenters. The summed E-state index contributed by atoms with van der Waals surface area (Å²) < 4.78 is 1.86. The smallest absolute Gasteiger partial charge is 0.337 e. The predicted octanol–water partition coefficient (Wildman–Crippen LogP) is 2.66. The average Bonchev–Trinajstić information content (AvgIpc) is 2.90. The Hall–Kier alpha value is -1.82. The van der Waals surface area contributed by atoms with E-state index in [1.165, 1.54) is 0 Å². The van der Waals surface area contributed by atoms with E-state index in [2.05, 4.69) is 5.32 Å². The van der Waals surface area contributed by atoms with Gasteiger partial charge in [-0.05, 0) is 31.5 Å². The molecule has 2 aromatic rings. The number of aromatic nitrogens is 1. The molecule has 0 bridgehead atoms. The molecule has 2 heterocycles. The molecule has 1 aromatic heterocycles. The first-order valence-corrected chi connectivity index (χ1v) is 8.04. The summed E-state index contributed by atoms with van der Waals surface area (Å²) in [6.07, 6.45) is 6.90. The second-order valence-corrected chi connectivity index (χ2v) is 6.16. The van der Waals surface area contributed by atoms with Crippen LogP contribution in [-0.4, -0.2) is 39.4 Å². The van der Waals surface area contributed by atoms with Crippen LogP contribution in [0.3, 0.4) is 0 Å². The number of benzene rings is 1. The van der Waals surface area contributed by atoms with Gasteiger partial charge in [-0.3, -0.25) is 0 Å². The third kappa shape index (κ3) is 3.27. The maximum absolute atomic E-state index is 11.4. The van der Waals surface area contributed by atoms with Gasteiger partial charge in [0.15, 0.2) is 0 Å². The molecule has 1 aromatic carbocycles. The third-order valence-corrected chi connectivity index (χ3v) is 4.52. The van der Waals surface area contributed by atoms with Gasteiger partial charge in [0.25, 0.3) is 0 Å². The quantitative estimate of drug-likeness (QED) is 0.751. The molecule has 1 fully saturated rings. The Labute approximate surface area is 139 Å². The number of allylic oxidation sites excluding steroid dienone is 1. The number of hydrogen-bond donors (Lipinski definition) is 3. The number of carboxylic acids is 1. The van der Waals surface area contributed by atoms with Gasteiger partial charge in [0.2, 0.25) is 0 Å². The van der Waals surface area contributed by atoms with Gasteiger partial charge in [0.05, 0.1) is 28.2 Å². The lowest BCUT2D eigenvalue weighted by atomic mass is 10.0. The highest BCUT2D eigenvalue weighted by Crippen LogP contribution is 2.28. The van der Waals surface area contributed by atoms with E-state index >= 15 is 0 Å². The van der Waals surface area contributed by atoms with Crippen LogP contribution in [0.2, 0.25) is 5.02 Å². The van der Waals surface area contributed by atoms with Gasteiger partial charge in [-0.25, -0.2) is 4.79 Å². The molecule has 122 valence electrons. The minimum Gasteiger partial charge on any atom is -0.478 e. The number of rotatable bonds is 4. The fourth-order valence-electron chi connectivity index (χ4n) is 3.03. The van der Waals surface area contributed by atoms with Crippen LogP contribution in [0.25, 0.3) is 10.9 Å². The molecule has 6 heteroatoms. The van der Waals surface area contributed by atoms with E-state index in [1.807, 2.05) is 28.9 Å². The molecule has 5 nitrogen and oxygen atoms in total. The van der Waals surface area contributed by atoms with Crippen molar-refractivity contribution in [3.8, 4) is 0 Å². The number of fused-ring (bicyclic) bond motifs is 1. The molecule has 0 saturated carbocycles. The van der Waals surface area contributed by atoms with Crippen molar-refractivity contribution in [2.24, 2.45) is 0 Å². The maximum Gasteiger partial charge on any atom is 0.337 e. The summed E-state index contributed by atoms with van der Waals surface area (Å²) in [7, 11) is 0. The van der Waals surface area contributed by atoms with E-state index in [1.54, 1.807) is 12.3 Å². The van der Waals surface area contributed by atoms with Gasteiger partial charge in [-0.1, -0.05) is 29.8 Å². The first kappa shape index (κ1) is 16.1. The molecule has 1 aliphatic rings. The van der Waals surface area contributed by atoms with Gasteiger partial charge in [-0.2, -0.15) is 0 Å². The minimum absolute atomic E-state index is 0.0480. The third-order valence-electron chi connectivity index (χ3n) is 4.20. The van der Waals surface area contributed by atoms with Crippen molar-refractivity contribution in [1.82, 2.24) is 9.88 Å². The first-order chi connectivity index (χ1) is 11.1. The van der Waals surface area contributed by atoms with Crippen LogP contribution in [0.1, 0.15) is 23.2 Å². The number of carboxylic acid groups (broad SMARTS) is 1. The molecule has 0 unspecified atom stereocenters. The number of halogens is 1. The lowest BCUT2D eigenvalue weighted by Crippen LogP contribution is -2.43. The van der Waals surface area contributed by atoms with Crippen LogP contribution in [0, 0.1) is 0 Å². The number of hydrogen-bond acceptors (Lipinski definition) is 3. The van der Waals surface area contributed by atoms with Gasteiger partial charge in [-0.15, -0.1) is 0 Å². The summed E-state index contributed by atoms with van der Waals surface area (Å²) in [5, 5.41) is 23.5. The molecule has 3 N–H and O–H groups in total. The second kappa shape index (κ2) is 6.74. The zero-order valence-electron chi connectivity index (χ0n) is 12.6. The Kier molecular flexibility index (Phi) is 4.71. The highest BCUT2D eigenvalue weighted by molar-refractivity contribution is 6.36. The first-order valence-electron chi connectivity index (χ1n) is 7.66. The number of aromatic carboxylic acids is 1. The van der Waals surface area contributed by atoms with Crippen LogP contribution in [-0.2, 0) is 6.54 Å². The average molecular weight is 335 g/mol. The fourth-order valence-corrected chi connectivity index (χ4v) is 3.31. The molecule has 23 heavy (non-hydrogen) atoms. The van der Waals surface area contributed by atoms with Crippen LogP contribution < -0.4 is 5.32 Å². The van der Waals surface area contributed by atoms with E-state index in [4.69, 9.17) is 11.6 Å². The zero-order valence-corrected chi connectivity index (χ0v) is 13.3. The predicted molar refractivity (Wildman–Crippen MR) is 90.1 cm³/mol. The minimum atomic E-state index is -0.991. The van der Waals surface area contributed by atoms with Gasteiger partial charge in [0.1, 0.15) is 0 Å². The second-order valence-electron chi connectivity index (χ2n) is 5.75. The van der Waals surface area contributed by atoms with Crippen molar-refractivity contribution in [1.29, 1.82) is 0 Å². The molecule has 1 aliphatic heterocycles. The number of nitrogens with zero attached hydrogens (tertiary/aromatic N) is 1. The Morgan fingerprint density at radius 1 is 1.48 bits per heavy atom. The summed E-state index contributed by atoms with van der Waals surface area (Å²) >= 11 is 6.16. The molecule has 0 radical (unpaired) electrons. The van der Waals surface area contributed by atoms with Crippen LogP contribution in [0.5, 0.6) is 0 Å². The molecular weight excluding hydrogens is 316 g/mol. The zero-order chi connectivity index (χ0) is 16.4. The largest absolute Gasteiger partial charge is 0.478 e. The van der Waals surface area contributed by atoms with E-state index in [0.29, 0.717) is 17.0 Å². The lowest BCUT2D eigenvalue weighted by Gasteiger charge is -2.26. The highest BCUT2D eigenvalue weighted by atomic mass is 35.5. The number of aliphatic hydroxyl groups is 1. The summed E-state index contributed by atoms with van der Waals surface area (Å²) in [6, 6.07) is 5.31. The molecule has 0 aliphatic carbocycles. The fraction of sp³-hybridized carbons (Fsp3) is 0.353. The van der Waals surface area contributed by atoms with Crippen molar-refractivity contribution < 1.29 is 15.0 Å². The van der Waals surface area contributed by atoms with E-state index in [0.717, 1.165) is 24.9 Å². The lowest BCUT2D eigenvalue weighted by molar-refractivity contribution is 0.0698. The van der Waals surface area contributed by atoms with Crippen molar-refractivity contribution in [3.05, 3.63) is 47.1 Å². The van der Waals surface area contributed by atoms with Gasteiger partial charge in [0, 0.05) is 18.1 Å². The van der Waals surface area contributed by atoms with E-state index in [-0.39, 0.29) is 17.7 Å². The monoisotopic (exact) mass is 334 g/mol. The molecule has 0 spiro atoms. The maximum atomic E-state index is 11.4. The van der Waals surface area contributed by atoms with Crippen molar-refractivity contribution >= 4 is 28.5 Å². The molecule has 3 rings (SSSR count). The van der Waals surface area contributed by atoms with Crippen molar-refractivity contribution in [3.63, 3.8) is 0 Å². The van der Waals surface area contributed by atoms with Crippen molar-refractivity contribution in [2.45, 2.75) is 31.5 Å². The Morgan fingerprint density at radius 2 is 2.30 bits per heavy atom. The Bertz CT molecular complexity index is 754. The number of aliphatic hydroxyl groups excluding tert-OH is 1. The Balaban J connectivity index is 1.86. The number of carbonyl (C=O) groups is 1. The summed E-state index contributed by atoms with van der Waals surface area (Å²) in [4.78, 5) is 11.4. The van der Waals surface area contributed by atoms with Crippen LogP contribution >= 0.6 is 11.6 Å². The van der Waals surface area contributed by atoms with Crippen LogP contribution in [0.15, 0.2) is 36.5 Å².